The molecule has 1 N–H and O–H groups in total. The molecule has 1 heterocycles. The summed E-state index contributed by atoms with van der Waals surface area (Å²) >= 11 is 17.8. The largest absolute Gasteiger partial charge is 0.475 e. The summed E-state index contributed by atoms with van der Waals surface area (Å²) in [6, 6.07) is 2.98. The fourth-order valence-corrected chi connectivity index (χ4v) is 2.41. The minimum absolute atomic E-state index is 0.262. The average Bonchev–Trinajstić information content (AvgIpc) is 2.59. The second kappa shape index (κ2) is 4.76. The number of hydrogen-bond acceptors (Lipinski definition) is 3. The molecule has 0 aliphatic rings. The molecule has 5 nitrogen and oxygen atoms in total. The number of aromatic nitrogens is 3. The van der Waals surface area contributed by atoms with Gasteiger partial charge in [0.25, 0.3) is 5.82 Å². The van der Waals surface area contributed by atoms with E-state index >= 15 is 0 Å². The Balaban J connectivity index is 2.66. The maximum absolute atomic E-state index is 10.8. The molecular weight excluding hydrogens is 300 g/mol. The van der Waals surface area contributed by atoms with Gasteiger partial charge in [-0.2, -0.15) is 0 Å². The molecule has 8 heteroatoms. The molecule has 0 saturated heterocycles. The Morgan fingerprint density at radius 3 is 2.28 bits per heavy atom. The second-order valence-corrected chi connectivity index (χ2v) is 4.67. The Bertz CT molecular complexity index is 616. The van der Waals surface area contributed by atoms with Crippen LogP contribution in [0.2, 0.25) is 15.1 Å². The van der Waals surface area contributed by atoms with Gasteiger partial charge in [-0.1, -0.05) is 34.8 Å². The highest BCUT2D eigenvalue weighted by molar-refractivity contribution is 6.40. The lowest BCUT2D eigenvalue weighted by molar-refractivity contribution is 0.0683. The van der Waals surface area contributed by atoms with Crippen molar-refractivity contribution in [2.75, 3.05) is 0 Å². The number of aryl methyl sites for hydroxylation is 1. The zero-order valence-electron chi connectivity index (χ0n) is 8.99. The molecule has 2 rings (SSSR count). The molecule has 0 unspecified atom stereocenters. The Morgan fingerprint density at radius 1 is 1.28 bits per heavy atom. The predicted molar refractivity (Wildman–Crippen MR) is 68.1 cm³/mol. The first-order chi connectivity index (χ1) is 8.40. The van der Waals surface area contributed by atoms with Crippen LogP contribution in [-0.2, 0) is 0 Å². The van der Waals surface area contributed by atoms with Gasteiger partial charge in [0.1, 0.15) is 11.5 Å². The molecule has 0 aliphatic carbocycles. The topological polar surface area (TPSA) is 68.0 Å². The van der Waals surface area contributed by atoms with Crippen molar-refractivity contribution in [3.63, 3.8) is 0 Å². The molecular formula is C10H6Cl3N3O2. The van der Waals surface area contributed by atoms with E-state index in [0.29, 0.717) is 16.5 Å². The summed E-state index contributed by atoms with van der Waals surface area (Å²) in [5, 5.41) is 13.6. The van der Waals surface area contributed by atoms with E-state index in [0.717, 1.165) is 0 Å². The van der Waals surface area contributed by atoms with Gasteiger partial charge in [-0.15, -0.1) is 5.10 Å². The zero-order valence-corrected chi connectivity index (χ0v) is 11.3. The van der Waals surface area contributed by atoms with E-state index in [4.69, 9.17) is 39.9 Å². The lowest BCUT2D eigenvalue weighted by atomic mass is 10.3. The van der Waals surface area contributed by atoms with Crippen molar-refractivity contribution in [3.8, 4) is 5.69 Å². The lowest BCUT2D eigenvalue weighted by Crippen LogP contribution is -2.03. The summed E-state index contributed by atoms with van der Waals surface area (Å²) in [4.78, 5) is 14.6. The van der Waals surface area contributed by atoms with E-state index in [9.17, 15) is 4.79 Å². The Morgan fingerprint density at radius 2 is 1.83 bits per heavy atom. The fraction of sp³-hybridized carbons (Fsp3) is 0.100. The Hall–Kier alpha value is -1.30. The van der Waals surface area contributed by atoms with E-state index < -0.39 is 5.97 Å². The van der Waals surface area contributed by atoms with Crippen LogP contribution in [0.1, 0.15) is 16.4 Å². The number of rotatable bonds is 2. The fourth-order valence-electron chi connectivity index (χ4n) is 1.43. The van der Waals surface area contributed by atoms with Crippen molar-refractivity contribution in [3.05, 3.63) is 38.8 Å². The van der Waals surface area contributed by atoms with E-state index in [1.54, 1.807) is 6.92 Å². The average molecular weight is 307 g/mol. The van der Waals surface area contributed by atoms with Crippen molar-refractivity contribution in [2.24, 2.45) is 0 Å². The highest BCUT2D eigenvalue weighted by Crippen LogP contribution is 2.32. The Kier molecular flexibility index (Phi) is 3.47. The molecule has 0 aliphatic heterocycles. The summed E-state index contributed by atoms with van der Waals surface area (Å²) < 4.78 is 1.27. The van der Waals surface area contributed by atoms with Crippen LogP contribution in [0.5, 0.6) is 0 Å². The normalized spacial score (nSPS) is 10.7. The summed E-state index contributed by atoms with van der Waals surface area (Å²) in [5.74, 6) is -1.19. The molecule has 0 radical (unpaired) electrons. The lowest BCUT2D eigenvalue weighted by Gasteiger charge is -2.08. The van der Waals surface area contributed by atoms with Gasteiger partial charge in [0.2, 0.25) is 0 Å². The van der Waals surface area contributed by atoms with Crippen LogP contribution in [0.15, 0.2) is 12.1 Å². The summed E-state index contributed by atoms with van der Waals surface area (Å²) in [6.45, 7) is 1.60. The zero-order chi connectivity index (χ0) is 13.4. The van der Waals surface area contributed by atoms with Crippen molar-refractivity contribution >= 4 is 40.8 Å². The molecule has 0 spiro atoms. The molecule has 2 aromatic rings. The number of aromatic carboxylic acids is 1. The third-order valence-corrected chi connectivity index (χ3v) is 2.95. The van der Waals surface area contributed by atoms with Crippen LogP contribution >= 0.6 is 34.8 Å². The Labute approximate surface area is 117 Å². The number of carbonyl (C=O) groups is 1. The van der Waals surface area contributed by atoms with Gasteiger partial charge in [0.05, 0.1) is 10.0 Å². The highest BCUT2D eigenvalue weighted by Gasteiger charge is 2.18. The van der Waals surface area contributed by atoms with Crippen LogP contribution in [0.25, 0.3) is 5.69 Å². The van der Waals surface area contributed by atoms with E-state index in [1.807, 2.05) is 0 Å². The molecule has 0 bridgehead atoms. The smallest absolute Gasteiger partial charge is 0.375 e. The van der Waals surface area contributed by atoms with Crippen LogP contribution in [-0.4, -0.2) is 25.8 Å². The SMILES string of the molecule is Cc1nc(C(=O)O)nn1-c1c(Cl)cc(Cl)cc1Cl. The van der Waals surface area contributed by atoms with Gasteiger partial charge in [0.15, 0.2) is 0 Å². The minimum Gasteiger partial charge on any atom is -0.475 e. The quantitative estimate of drug-likeness (QED) is 0.925. The van der Waals surface area contributed by atoms with E-state index in [2.05, 4.69) is 10.1 Å². The van der Waals surface area contributed by atoms with Crippen LogP contribution in [0.3, 0.4) is 0 Å². The van der Waals surface area contributed by atoms with Gasteiger partial charge in [-0.05, 0) is 19.1 Å². The van der Waals surface area contributed by atoms with Crippen molar-refractivity contribution < 1.29 is 9.90 Å². The molecule has 18 heavy (non-hydrogen) atoms. The van der Waals surface area contributed by atoms with Crippen molar-refractivity contribution in [1.29, 1.82) is 0 Å². The number of carboxylic acid groups (broad SMARTS) is 1. The monoisotopic (exact) mass is 305 g/mol. The third kappa shape index (κ3) is 2.29. The first kappa shape index (κ1) is 13.1. The maximum atomic E-state index is 10.8. The minimum atomic E-state index is -1.22. The number of nitrogens with zero attached hydrogens (tertiary/aromatic N) is 3. The van der Waals surface area contributed by atoms with Gasteiger partial charge < -0.3 is 5.11 Å². The molecule has 0 fully saturated rings. The summed E-state index contributed by atoms with van der Waals surface area (Å²) in [6.07, 6.45) is 0. The number of halogens is 3. The first-order valence-corrected chi connectivity index (χ1v) is 5.85. The molecule has 94 valence electrons. The van der Waals surface area contributed by atoms with Crippen LogP contribution in [0, 0.1) is 6.92 Å². The number of hydrogen-bond donors (Lipinski definition) is 1. The standard InChI is InChI=1S/C10H6Cl3N3O2/c1-4-14-9(10(17)18)15-16(4)8-6(12)2-5(11)3-7(8)13/h2-3H,1H3,(H,17,18). The third-order valence-electron chi connectivity index (χ3n) is 2.15. The van der Waals surface area contributed by atoms with Crippen LogP contribution in [0.4, 0.5) is 0 Å². The molecule has 0 amide bonds. The van der Waals surface area contributed by atoms with Crippen molar-refractivity contribution in [2.45, 2.75) is 6.92 Å². The molecule has 1 aromatic heterocycles. The van der Waals surface area contributed by atoms with Gasteiger partial charge in [0, 0.05) is 5.02 Å². The van der Waals surface area contributed by atoms with Gasteiger partial charge in [-0.3, -0.25) is 0 Å². The van der Waals surface area contributed by atoms with Gasteiger partial charge in [-0.25, -0.2) is 14.5 Å². The second-order valence-electron chi connectivity index (χ2n) is 3.42. The highest BCUT2D eigenvalue weighted by atomic mass is 35.5. The number of carboxylic acids is 1. The van der Waals surface area contributed by atoms with Crippen LogP contribution < -0.4 is 0 Å². The summed E-state index contributed by atoms with van der Waals surface area (Å²) in [5.41, 5.74) is 0.347. The van der Waals surface area contributed by atoms with E-state index in [-0.39, 0.29) is 15.9 Å². The van der Waals surface area contributed by atoms with E-state index in [1.165, 1.54) is 16.8 Å². The molecule has 0 saturated carbocycles. The molecule has 1 aromatic carbocycles. The maximum Gasteiger partial charge on any atom is 0.375 e. The predicted octanol–water partition coefficient (Wildman–Crippen LogP) is 3.23. The first-order valence-electron chi connectivity index (χ1n) is 4.72. The summed E-state index contributed by atoms with van der Waals surface area (Å²) in [7, 11) is 0. The van der Waals surface area contributed by atoms with Gasteiger partial charge >= 0.3 is 5.97 Å². The number of benzene rings is 1. The van der Waals surface area contributed by atoms with Crippen molar-refractivity contribution in [1.82, 2.24) is 14.8 Å². The molecule has 0 atom stereocenters.